The molecule has 1 rings (SSSR count). The summed E-state index contributed by atoms with van der Waals surface area (Å²) >= 11 is 0. The van der Waals surface area contributed by atoms with Crippen molar-refractivity contribution < 1.29 is 4.74 Å². The second kappa shape index (κ2) is 5.49. The van der Waals surface area contributed by atoms with Gasteiger partial charge in [-0.15, -0.1) is 0 Å². The van der Waals surface area contributed by atoms with Crippen LogP contribution in [0.5, 0.6) is 0 Å². The molecule has 0 fully saturated rings. The number of benzene rings is 1. The zero-order valence-electron chi connectivity index (χ0n) is 8.10. The minimum absolute atomic E-state index is 0.227. The van der Waals surface area contributed by atoms with Gasteiger partial charge in [0.2, 0.25) is 0 Å². The summed E-state index contributed by atoms with van der Waals surface area (Å²) in [4.78, 5) is 4.33. The summed E-state index contributed by atoms with van der Waals surface area (Å²) in [7, 11) is 1.69. The maximum atomic E-state index is 4.98. The van der Waals surface area contributed by atoms with E-state index in [1.807, 2.05) is 43.5 Å². The average Bonchev–Trinajstić information content (AvgIpc) is 2.17. The lowest BCUT2D eigenvalue weighted by atomic mass is 10.2. The lowest BCUT2D eigenvalue weighted by Gasteiger charge is -2.02. The Balaban J connectivity index is 2.49. The van der Waals surface area contributed by atoms with Crippen LogP contribution >= 0.6 is 0 Å². The third-order valence-electron chi connectivity index (χ3n) is 1.69. The van der Waals surface area contributed by atoms with Crippen molar-refractivity contribution in [1.29, 1.82) is 0 Å². The summed E-state index contributed by atoms with van der Waals surface area (Å²) < 4.78 is 4.98. The summed E-state index contributed by atoms with van der Waals surface area (Å²) in [5, 5.41) is 0. The maximum absolute atomic E-state index is 4.98. The molecule has 0 heterocycles. The van der Waals surface area contributed by atoms with Gasteiger partial charge in [0, 0.05) is 13.3 Å². The predicted molar refractivity (Wildman–Crippen MR) is 55.4 cm³/mol. The highest BCUT2D eigenvalue weighted by Gasteiger charge is 1.94. The third-order valence-corrected chi connectivity index (χ3v) is 1.69. The van der Waals surface area contributed by atoms with Crippen LogP contribution in [0.25, 0.3) is 0 Å². The Morgan fingerprint density at radius 2 is 2.08 bits per heavy atom. The monoisotopic (exact) mass is 177 g/mol. The van der Waals surface area contributed by atoms with E-state index in [0.717, 1.165) is 5.56 Å². The molecule has 1 aromatic carbocycles. The molecule has 0 saturated heterocycles. The molecule has 13 heavy (non-hydrogen) atoms. The van der Waals surface area contributed by atoms with Gasteiger partial charge in [-0.1, -0.05) is 30.3 Å². The Kier molecular flexibility index (Phi) is 4.19. The molecule has 0 bridgehead atoms. The van der Waals surface area contributed by atoms with E-state index in [-0.39, 0.29) is 6.04 Å². The van der Waals surface area contributed by atoms with Gasteiger partial charge in [0.05, 0.1) is 12.6 Å². The molecule has 2 nitrogen and oxygen atoms in total. The van der Waals surface area contributed by atoms with E-state index in [1.54, 1.807) is 7.11 Å². The molecule has 0 aliphatic heterocycles. The second-order valence-corrected chi connectivity index (χ2v) is 2.99. The van der Waals surface area contributed by atoms with E-state index in [1.165, 1.54) is 0 Å². The first-order valence-electron chi connectivity index (χ1n) is 4.40. The number of hydrogen-bond donors (Lipinski definition) is 0. The van der Waals surface area contributed by atoms with Crippen LogP contribution in [0.15, 0.2) is 35.3 Å². The van der Waals surface area contributed by atoms with Crippen molar-refractivity contribution in [3.8, 4) is 0 Å². The van der Waals surface area contributed by atoms with Crippen LogP contribution in [-0.2, 0) is 4.74 Å². The zero-order valence-corrected chi connectivity index (χ0v) is 8.10. The Hall–Kier alpha value is -1.15. The molecule has 70 valence electrons. The predicted octanol–water partition coefficient (Wildman–Crippen LogP) is 2.14. The minimum atomic E-state index is 0.227. The molecule has 0 saturated carbocycles. The third kappa shape index (κ3) is 3.85. The van der Waals surface area contributed by atoms with Crippen LogP contribution in [0.4, 0.5) is 0 Å². The van der Waals surface area contributed by atoms with Crippen LogP contribution in [0, 0.1) is 0 Å². The summed E-state index contributed by atoms with van der Waals surface area (Å²) in [5.41, 5.74) is 1.13. The SMILES string of the molecule is COCC(C)N=Cc1ccccc1. The largest absolute Gasteiger partial charge is 0.382 e. The van der Waals surface area contributed by atoms with E-state index in [9.17, 15) is 0 Å². The number of methoxy groups -OCH3 is 1. The fourth-order valence-corrected chi connectivity index (χ4v) is 1.04. The van der Waals surface area contributed by atoms with Gasteiger partial charge >= 0.3 is 0 Å². The molecule has 1 unspecified atom stereocenters. The van der Waals surface area contributed by atoms with Gasteiger partial charge in [-0.3, -0.25) is 4.99 Å². The Morgan fingerprint density at radius 3 is 2.69 bits per heavy atom. The maximum Gasteiger partial charge on any atom is 0.0705 e. The zero-order chi connectivity index (χ0) is 9.52. The Morgan fingerprint density at radius 1 is 1.38 bits per heavy atom. The summed E-state index contributed by atoms with van der Waals surface area (Å²) in [6, 6.07) is 10.3. The standard InChI is InChI=1S/C11H15NO/c1-10(9-13-2)12-8-11-6-4-3-5-7-11/h3-8,10H,9H2,1-2H3. The van der Waals surface area contributed by atoms with Gasteiger partial charge in [0.15, 0.2) is 0 Å². The molecule has 0 N–H and O–H groups in total. The van der Waals surface area contributed by atoms with E-state index in [0.29, 0.717) is 6.61 Å². The van der Waals surface area contributed by atoms with E-state index >= 15 is 0 Å². The van der Waals surface area contributed by atoms with Gasteiger partial charge in [0.1, 0.15) is 0 Å². The summed E-state index contributed by atoms with van der Waals surface area (Å²) in [6.07, 6.45) is 1.88. The number of aliphatic imine (C=N–C) groups is 1. The highest BCUT2D eigenvalue weighted by atomic mass is 16.5. The molecule has 2 heteroatoms. The first kappa shape index (κ1) is 9.93. The van der Waals surface area contributed by atoms with Crippen molar-refractivity contribution in [1.82, 2.24) is 0 Å². The molecular weight excluding hydrogens is 162 g/mol. The number of rotatable bonds is 4. The van der Waals surface area contributed by atoms with Gasteiger partial charge < -0.3 is 4.74 Å². The van der Waals surface area contributed by atoms with Crippen LogP contribution in [0.3, 0.4) is 0 Å². The highest BCUT2D eigenvalue weighted by molar-refractivity contribution is 5.79. The van der Waals surface area contributed by atoms with Crippen molar-refractivity contribution >= 4 is 6.21 Å². The minimum Gasteiger partial charge on any atom is -0.382 e. The molecule has 0 aromatic heterocycles. The average molecular weight is 177 g/mol. The lowest BCUT2D eigenvalue weighted by Crippen LogP contribution is -2.06. The number of hydrogen-bond acceptors (Lipinski definition) is 2. The molecule has 0 spiro atoms. The van der Waals surface area contributed by atoms with Crippen molar-refractivity contribution in [3.63, 3.8) is 0 Å². The first-order valence-corrected chi connectivity index (χ1v) is 4.40. The molecule has 0 radical (unpaired) electrons. The van der Waals surface area contributed by atoms with E-state index < -0.39 is 0 Å². The van der Waals surface area contributed by atoms with E-state index in [2.05, 4.69) is 4.99 Å². The van der Waals surface area contributed by atoms with Crippen LogP contribution in [0.2, 0.25) is 0 Å². The molecule has 1 aromatic rings. The molecule has 0 aliphatic rings. The summed E-state index contributed by atoms with van der Waals surface area (Å²) in [5.74, 6) is 0. The molecular formula is C11H15NO. The van der Waals surface area contributed by atoms with Crippen molar-refractivity contribution in [2.24, 2.45) is 4.99 Å². The van der Waals surface area contributed by atoms with Crippen LogP contribution in [0.1, 0.15) is 12.5 Å². The number of nitrogens with zero attached hydrogens (tertiary/aromatic N) is 1. The highest BCUT2D eigenvalue weighted by Crippen LogP contribution is 1.96. The fraction of sp³-hybridized carbons (Fsp3) is 0.364. The molecule has 0 amide bonds. The van der Waals surface area contributed by atoms with Gasteiger partial charge in [0.25, 0.3) is 0 Å². The van der Waals surface area contributed by atoms with Crippen molar-refractivity contribution in [3.05, 3.63) is 35.9 Å². The van der Waals surface area contributed by atoms with Crippen LogP contribution in [-0.4, -0.2) is 26.0 Å². The van der Waals surface area contributed by atoms with Gasteiger partial charge in [-0.05, 0) is 12.5 Å². The lowest BCUT2D eigenvalue weighted by molar-refractivity contribution is 0.186. The Bertz CT molecular complexity index is 256. The fourth-order valence-electron chi connectivity index (χ4n) is 1.04. The number of ether oxygens (including phenoxy) is 1. The Labute approximate surface area is 79.3 Å². The topological polar surface area (TPSA) is 21.6 Å². The normalized spacial score (nSPS) is 13.4. The smallest absolute Gasteiger partial charge is 0.0705 e. The van der Waals surface area contributed by atoms with Crippen molar-refractivity contribution in [2.75, 3.05) is 13.7 Å². The summed E-state index contributed by atoms with van der Waals surface area (Å²) in [6.45, 7) is 2.70. The second-order valence-electron chi connectivity index (χ2n) is 2.99. The molecule has 0 aliphatic carbocycles. The van der Waals surface area contributed by atoms with Crippen LogP contribution < -0.4 is 0 Å². The quantitative estimate of drug-likeness (QED) is 0.646. The first-order chi connectivity index (χ1) is 6.33. The van der Waals surface area contributed by atoms with Crippen molar-refractivity contribution in [2.45, 2.75) is 13.0 Å². The van der Waals surface area contributed by atoms with Gasteiger partial charge in [-0.2, -0.15) is 0 Å². The van der Waals surface area contributed by atoms with Gasteiger partial charge in [-0.25, -0.2) is 0 Å². The molecule has 1 atom stereocenters. The van der Waals surface area contributed by atoms with E-state index in [4.69, 9.17) is 4.74 Å².